The van der Waals surface area contributed by atoms with Crippen LogP contribution in [0.3, 0.4) is 0 Å². The van der Waals surface area contributed by atoms with E-state index >= 15 is 0 Å². The molecule has 3 fully saturated rings. The minimum atomic E-state index is -4.67. The summed E-state index contributed by atoms with van der Waals surface area (Å²) in [6, 6.07) is 0.0538. The number of hydrogen-bond acceptors (Lipinski definition) is 9. The summed E-state index contributed by atoms with van der Waals surface area (Å²) >= 11 is 0. The summed E-state index contributed by atoms with van der Waals surface area (Å²) in [5.74, 6) is -2.51. The first-order chi connectivity index (χ1) is 17.5. The Morgan fingerprint density at radius 1 is 1.11 bits per heavy atom. The molecule has 4 rings (SSSR count). The fraction of sp³-hybridized carbons (Fsp3) is 0.708. The molecular weight excluding hydrogens is 520 g/mol. The first-order valence-electron chi connectivity index (χ1n) is 12.6. The molecule has 13 nitrogen and oxygen atoms in total. The molecule has 7 atom stereocenters. The van der Waals surface area contributed by atoms with Gasteiger partial charge in [0.2, 0.25) is 11.6 Å². The zero-order chi connectivity index (χ0) is 28.7. The lowest BCUT2D eigenvalue weighted by atomic mass is 9.53. The van der Waals surface area contributed by atoms with Crippen molar-refractivity contribution in [2.24, 2.45) is 41.2 Å². The van der Waals surface area contributed by atoms with Gasteiger partial charge in [0.1, 0.15) is 11.6 Å². The third kappa shape index (κ3) is 6.14. The number of Topliss-reactive ketones (excluding diaryl/α,β-unsaturated/α-hetero) is 2. The molecule has 5 unspecified atom stereocenters. The molecule has 212 valence electrons. The zero-order valence-electron chi connectivity index (χ0n) is 21.9. The van der Waals surface area contributed by atoms with Crippen LogP contribution in [0, 0.1) is 45.6 Å². The number of nitrogens with zero attached hydrogens (tertiary/aromatic N) is 3. The van der Waals surface area contributed by atoms with Crippen molar-refractivity contribution in [3.63, 3.8) is 0 Å². The Morgan fingerprint density at radius 3 is 2.21 bits per heavy atom. The molecule has 4 aliphatic carbocycles. The van der Waals surface area contributed by atoms with Gasteiger partial charge in [0.25, 0.3) is 0 Å². The van der Waals surface area contributed by atoms with Crippen LogP contribution < -0.4 is 5.73 Å². The number of primary amides is 1. The quantitative estimate of drug-likeness (QED) is 0.188. The van der Waals surface area contributed by atoms with Gasteiger partial charge >= 0.3 is 10.4 Å². The van der Waals surface area contributed by atoms with E-state index in [-0.39, 0.29) is 58.3 Å². The van der Waals surface area contributed by atoms with E-state index in [4.69, 9.17) is 23.3 Å². The summed E-state index contributed by atoms with van der Waals surface area (Å²) in [5.41, 5.74) is 7.43. The van der Waals surface area contributed by atoms with Crippen LogP contribution in [0.15, 0.2) is 23.0 Å². The molecule has 0 aliphatic heterocycles. The molecular formula is C24H36N4O9S. The van der Waals surface area contributed by atoms with Crippen LogP contribution in [-0.2, 0) is 24.8 Å². The van der Waals surface area contributed by atoms with Gasteiger partial charge in [-0.25, -0.2) is 0 Å². The van der Waals surface area contributed by atoms with Crippen LogP contribution in [0.4, 0.5) is 0 Å². The molecule has 0 aromatic rings. The minimum absolute atomic E-state index is 0.0181. The number of fused-ring (bicyclic) bond motifs is 3. The fourth-order valence-electron chi connectivity index (χ4n) is 6.82. The molecule has 0 bridgehead atoms. The van der Waals surface area contributed by atoms with Gasteiger partial charge in [0.05, 0.1) is 23.2 Å². The molecule has 4 aliphatic rings. The minimum Gasteiger partial charge on any atom is -0.375 e. The summed E-state index contributed by atoms with van der Waals surface area (Å²) < 4.78 is 31.6. The summed E-state index contributed by atoms with van der Waals surface area (Å²) in [4.78, 5) is 54.2. The second-order valence-corrected chi connectivity index (χ2v) is 11.8. The maximum Gasteiger partial charge on any atom is 0.394 e. The molecule has 0 spiro atoms. The predicted octanol–water partition coefficient (Wildman–Crippen LogP) is 0.956. The van der Waals surface area contributed by atoms with E-state index in [1.165, 1.54) is 0 Å². The largest absolute Gasteiger partial charge is 0.394 e. The predicted molar refractivity (Wildman–Crippen MR) is 135 cm³/mol. The Bertz CT molecular complexity index is 1170. The molecule has 38 heavy (non-hydrogen) atoms. The number of carbonyl (C=O) groups excluding carboxylic acids is 3. The summed E-state index contributed by atoms with van der Waals surface area (Å²) in [7, 11) is 1.16. The van der Waals surface area contributed by atoms with Crippen molar-refractivity contribution in [3.8, 4) is 0 Å². The monoisotopic (exact) mass is 556 g/mol. The molecule has 0 saturated heterocycles. The number of nitro groups is 1. The van der Waals surface area contributed by atoms with Gasteiger partial charge in [0.15, 0.2) is 0 Å². The Balaban J connectivity index is 0.000000732. The Hall–Kier alpha value is -2.68. The van der Waals surface area contributed by atoms with Crippen molar-refractivity contribution in [1.29, 1.82) is 0 Å². The van der Waals surface area contributed by atoms with E-state index in [1.807, 2.05) is 33.0 Å². The van der Waals surface area contributed by atoms with Crippen molar-refractivity contribution in [2.75, 3.05) is 27.7 Å². The SMILES string of the molecule is CCN(C)C1=C2CC3CC4[C@@H](CC3C(=O)C2CC([N+](=O)[O-])=C1)C(=O)C(C(N)=O)C[C@@H]4N(C)C.O=S(=O)(O)O. The second-order valence-electron chi connectivity index (χ2n) is 10.9. The normalized spacial score (nSPS) is 32.8. The van der Waals surface area contributed by atoms with E-state index in [1.54, 1.807) is 6.08 Å². The second kappa shape index (κ2) is 11.2. The maximum absolute atomic E-state index is 13.7. The van der Waals surface area contributed by atoms with Gasteiger partial charge < -0.3 is 15.5 Å². The van der Waals surface area contributed by atoms with Crippen LogP contribution >= 0.6 is 0 Å². The van der Waals surface area contributed by atoms with Gasteiger partial charge in [-0.2, -0.15) is 8.42 Å². The number of rotatable bonds is 5. The first-order valence-corrected chi connectivity index (χ1v) is 14.0. The van der Waals surface area contributed by atoms with Gasteiger partial charge in [-0.1, -0.05) is 0 Å². The lowest BCUT2D eigenvalue weighted by molar-refractivity contribution is -0.429. The maximum atomic E-state index is 13.7. The third-order valence-electron chi connectivity index (χ3n) is 8.63. The number of carbonyl (C=O) groups is 3. The number of ketones is 2. The van der Waals surface area contributed by atoms with Gasteiger partial charge in [-0.3, -0.25) is 33.6 Å². The van der Waals surface area contributed by atoms with Crippen LogP contribution in [-0.4, -0.2) is 83.4 Å². The number of likely N-dealkylation sites (N-methyl/N-ethyl adjacent to an activating group) is 1. The van der Waals surface area contributed by atoms with Crippen LogP contribution in [0.2, 0.25) is 0 Å². The Morgan fingerprint density at radius 2 is 1.71 bits per heavy atom. The highest BCUT2D eigenvalue weighted by Crippen LogP contribution is 2.53. The number of hydrogen-bond donors (Lipinski definition) is 3. The highest BCUT2D eigenvalue weighted by atomic mass is 32.3. The third-order valence-corrected chi connectivity index (χ3v) is 8.63. The average molecular weight is 557 g/mol. The first kappa shape index (κ1) is 29.9. The smallest absolute Gasteiger partial charge is 0.375 e. The van der Waals surface area contributed by atoms with E-state index in [0.717, 1.165) is 24.1 Å². The molecule has 0 aromatic carbocycles. The molecule has 1 amide bonds. The molecule has 0 aromatic heterocycles. The highest BCUT2D eigenvalue weighted by molar-refractivity contribution is 7.79. The Labute approximate surface area is 221 Å². The number of nitrogens with two attached hydrogens (primary N) is 1. The molecule has 0 heterocycles. The number of amides is 1. The lowest BCUT2D eigenvalue weighted by Gasteiger charge is -2.52. The van der Waals surface area contributed by atoms with Crippen LogP contribution in [0.25, 0.3) is 0 Å². The van der Waals surface area contributed by atoms with Crippen molar-refractivity contribution in [3.05, 3.63) is 33.2 Å². The summed E-state index contributed by atoms with van der Waals surface area (Å²) in [6.45, 7) is 2.67. The van der Waals surface area contributed by atoms with E-state index in [9.17, 15) is 24.5 Å². The molecule has 3 saturated carbocycles. The highest BCUT2D eigenvalue weighted by Gasteiger charge is 2.55. The van der Waals surface area contributed by atoms with Crippen LogP contribution in [0.1, 0.15) is 39.0 Å². The topological polar surface area (TPSA) is 201 Å². The lowest BCUT2D eigenvalue weighted by Crippen LogP contribution is -2.57. The van der Waals surface area contributed by atoms with E-state index in [2.05, 4.69) is 4.90 Å². The standard InChI is InChI=1S/C24H34N4O5.H2O4S/c1-5-27(4)21-9-13(28(32)33)8-17-16(21)7-12-6-15-18(10-14(12)22(17)29)23(30)19(24(25)31)11-20(15)26(2)3;1-5(2,3)4/h9,12,14-15,17-20H,5-8,10-11H2,1-4H3,(H2,25,31);(H2,1,2,3,4)/t12?,14?,15?,17?,18-,19?,20+;/m1./s1. The zero-order valence-corrected chi connectivity index (χ0v) is 22.8. The fourth-order valence-corrected chi connectivity index (χ4v) is 6.82. The summed E-state index contributed by atoms with van der Waals surface area (Å²) in [6.07, 6.45) is 4.06. The van der Waals surface area contributed by atoms with Gasteiger partial charge in [-0.15, -0.1) is 0 Å². The van der Waals surface area contributed by atoms with Crippen molar-refractivity contribution in [1.82, 2.24) is 9.80 Å². The molecule has 0 radical (unpaired) electrons. The summed E-state index contributed by atoms with van der Waals surface area (Å²) in [5, 5.41) is 11.6. The van der Waals surface area contributed by atoms with E-state index in [0.29, 0.717) is 19.4 Å². The van der Waals surface area contributed by atoms with Crippen molar-refractivity contribution >= 4 is 27.9 Å². The number of allylic oxidation sites excluding steroid dienone is 3. The van der Waals surface area contributed by atoms with Gasteiger partial charge in [-0.05, 0) is 64.1 Å². The molecule has 14 heteroatoms. The van der Waals surface area contributed by atoms with Gasteiger partial charge in [0, 0.05) is 43.2 Å². The molecule has 4 N–H and O–H groups in total. The van der Waals surface area contributed by atoms with Crippen molar-refractivity contribution in [2.45, 2.75) is 45.1 Å². The average Bonchev–Trinajstić information content (AvgIpc) is 2.81. The Kier molecular flexibility index (Phi) is 8.81. The van der Waals surface area contributed by atoms with Crippen LogP contribution in [0.5, 0.6) is 0 Å². The van der Waals surface area contributed by atoms with E-state index < -0.39 is 28.1 Å². The van der Waals surface area contributed by atoms with Crippen molar-refractivity contribution < 1.29 is 36.8 Å².